The predicted molar refractivity (Wildman–Crippen MR) is 93.0 cm³/mol. The smallest absolute Gasteiger partial charge is 0.226 e. The van der Waals surface area contributed by atoms with E-state index in [1.807, 2.05) is 0 Å². The van der Waals surface area contributed by atoms with Gasteiger partial charge in [0.05, 0.1) is 12.1 Å². The Morgan fingerprint density at radius 2 is 2.00 bits per heavy atom. The number of hydrogen-bond donors (Lipinski definition) is 1. The zero-order valence-corrected chi connectivity index (χ0v) is 14.8. The number of unbranched alkanes of at least 4 members (excludes halogenated alkanes) is 2. The summed E-state index contributed by atoms with van der Waals surface area (Å²) in [5, 5.41) is 3.22. The van der Waals surface area contributed by atoms with Gasteiger partial charge in [-0.3, -0.25) is 9.59 Å². The second kappa shape index (κ2) is 10.1. The molecule has 0 heterocycles. The topological polar surface area (TPSA) is 58.6 Å². The van der Waals surface area contributed by atoms with Crippen molar-refractivity contribution < 1.29 is 14.3 Å². The molecule has 0 unspecified atom stereocenters. The summed E-state index contributed by atoms with van der Waals surface area (Å²) in [7, 11) is 1.54. The molecule has 0 aromatic heterocycles. The molecule has 0 spiro atoms. The summed E-state index contributed by atoms with van der Waals surface area (Å²) in [5.41, 5.74) is 0.612. The average Bonchev–Trinajstić information content (AvgIpc) is 2.50. The van der Waals surface area contributed by atoms with Crippen molar-refractivity contribution in [3.05, 3.63) is 23.2 Å². The Morgan fingerprint density at radius 1 is 1.26 bits per heavy atom. The van der Waals surface area contributed by atoms with Crippen molar-refractivity contribution in [1.82, 2.24) is 4.90 Å². The molecule has 1 N–H and O–H groups in total. The third kappa shape index (κ3) is 6.91. The number of nitrogens with one attached hydrogen (secondary N) is 1. The molecule has 5 nitrogen and oxygen atoms in total. The fourth-order valence-corrected chi connectivity index (χ4v) is 2.44. The van der Waals surface area contributed by atoms with Crippen LogP contribution in [0.3, 0.4) is 0 Å². The minimum Gasteiger partial charge on any atom is -0.495 e. The normalized spacial score (nSPS) is 10.3. The Hall–Kier alpha value is -1.75. The van der Waals surface area contributed by atoms with Crippen LogP contribution in [0.5, 0.6) is 5.75 Å². The van der Waals surface area contributed by atoms with Crippen LogP contribution in [0.1, 0.15) is 39.5 Å². The standard InChI is InChI=1S/C17H25ClN2O3/c1-4-5-6-10-20(13(2)21)11-9-17(22)19-14-7-8-16(23-3)15(18)12-14/h7-8,12H,4-6,9-11H2,1-3H3,(H,19,22). The molecule has 0 aliphatic heterocycles. The number of amides is 2. The van der Waals surface area contributed by atoms with E-state index in [-0.39, 0.29) is 18.2 Å². The van der Waals surface area contributed by atoms with Crippen molar-refractivity contribution in [2.45, 2.75) is 39.5 Å². The van der Waals surface area contributed by atoms with Crippen molar-refractivity contribution in [2.24, 2.45) is 0 Å². The lowest BCUT2D eigenvalue weighted by molar-refractivity contribution is -0.129. The molecule has 128 valence electrons. The number of methoxy groups -OCH3 is 1. The van der Waals surface area contributed by atoms with Crippen LogP contribution < -0.4 is 10.1 Å². The molecule has 0 bridgehead atoms. The van der Waals surface area contributed by atoms with Gasteiger partial charge in [-0.05, 0) is 24.6 Å². The second-order valence-corrected chi connectivity index (χ2v) is 5.77. The highest BCUT2D eigenvalue weighted by molar-refractivity contribution is 6.32. The lowest BCUT2D eigenvalue weighted by Gasteiger charge is -2.20. The Kier molecular flexibility index (Phi) is 8.48. The van der Waals surface area contributed by atoms with Crippen LogP contribution in [0, 0.1) is 0 Å². The van der Waals surface area contributed by atoms with E-state index in [1.165, 1.54) is 14.0 Å². The largest absolute Gasteiger partial charge is 0.495 e. The van der Waals surface area contributed by atoms with Crippen molar-refractivity contribution >= 4 is 29.1 Å². The van der Waals surface area contributed by atoms with E-state index in [0.717, 1.165) is 19.3 Å². The summed E-state index contributed by atoms with van der Waals surface area (Å²) in [5.74, 6) is 0.415. The van der Waals surface area contributed by atoms with Crippen molar-refractivity contribution in [3.8, 4) is 5.75 Å². The highest BCUT2D eigenvalue weighted by atomic mass is 35.5. The maximum absolute atomic E-state index is 12.0. The summed E-state index contributed by atoms with van der Waals surface area (Å²) in [4.78, 5) is 25.3. The molecule has 0 atom stereocenters. The maximum Gasteiger partial charge on any atom is 0.226 e. The van der Waals surface area contributed by atoms with Gasteiger partial charge >= 0.3 is 0 Å². The second-order valence-electron chi connectivity index (χ2n) is 5.36. The fraction of sp³-hybridized carbons (Fsp3) is 0.529. The van der Waals surface area contributed by atoms with Crippen LogP contribution >= 0.6 is 11.6 Å². The van der Waals surface area contributed by atoms with Crippen molar-refractivity contribution in [1.29, 1.82) is 0 Å². The molecule has 0 saturated heterocycles. The molecule has 23 heavy (non-hydrogen) atoms. The van der Waals surface area contributed by atoms with E-state index in [2.05, 4.69) is 12.2 Å². The molecule has 0 radical (unpaired) electrons. The van der Waals surface area contributed by atoms with Crippen LogP contribution in [0.25, 0.3) is 0 Å². The van der Waals surface area contributed by atoms with E-state index in [4.69, 9.17) is 16.3 Å². The zero-order valence-electron chi connectivity index (χ0n) is 14.0. The Labute approximate surface area is 142 Å². The first-order valence-corrected chi connectivity index (χ1v) is 8.24. The minimum absolute atomic E-state index is 0.00129. The van der Waals surface area contributed by atoms with Gasteiger partial charge in [-0.1, -0.05) is 31.4 Å². The van der Waals surface area contributed by atoms with Gasteiger partial charge in [0.15, 0.2) is 0 Å². The van der Waals surface area contributed by atoms with E-state index in [0.29, 0.717) is 29.5 Å². The number of carbonyl (C=O) groups is 2. The van der Waals surface area contributed by atoms with Gasteiger partial charge in [0.1, 0.15) is 5.75 Å². The monoisotopic (exact) mass is 340 g/mol. The summed E-state index contributed by atoms with van der Waals surface area (Å²) >= 11 is 6.02. The molecule has 2 amide bonds. The summed E-state index contributed by atoms with van der Waals surface area (Å²) < 4.78 is 5.07. The van der Waals surface area contributed by atoms with Crippen LogP contribution in [-0.2, 0) is 9.59 Å². The van der Waals surface area contributed by atoms with E-state index in [9.17, 15) is 9.59 Å². The molecule has 0 saturated carbocycles. The molecular weight excluding hydrogens is 316 g/mol. The fourth-order valence-electron chi connectivity index (χ4n) is 2.18. The number of ether oxygens (including phenoxy) is 1. The van der Waals surface area contributed by atoms with Gasteiger partial charge in [0.25, 0.3) is 0 Å². The summed E-state index contributed by atoms with van der Waals surface area (Å²) in [6.45, 7) is 4.78. The first kappa shape index (κ1) is 19.3. The van der Waals surface area contributed by atoms with Crippen LogP contribution in [0.2, 0.25) is 5.02 Å². The molecule has 0 aliphatic carbocycles. The average molecular weight is 341 g/mol. The highest BCUT2D eigenvalue weighted by Crippen LogP contribution is 2.27. The van der Waals surface area contributed by atoms with Crippen LogP contribution in [0.4, 0.5) is 5.69 Å². The highest BCUT2D eigenvalue weighted by Gasteiger charge is 2.11. The first-order valence-electron chi connectivity index (χ1n) is 7.86. The van der Waals surface area contributed by atoms with Gasteiger partial charge in [-0.25, -0.2) is 0 Å². The number of halogens is 1. The zero-order chi connectivity index (χ0) is 17.2. The van der Waals surface area contributed by atoms with E-state index in [1.54, 1.807) is 23.1 Å². The Morgan fingerprint density at radius 3 is 2.57 bits per heavy atom. The quantitative estimate of drug-likeness (QED) is 0.697. The molecule has 1 aromatic rings. The number of anilines is 1. The van der Waals surface area contributed by atoms with Gasteiger partial charge < -0.3 is 15.0 Å². The van der Waals surface area contributed by atoms with E-state index < -0.39 is 0 Å². The summed E-state index contributed by atoms with van der Waals surface area (Å²) in [6, 6.07) is 5.07. The van der Waals surface area contributed by atoms with Crippen LogP contribution in [0.15, 0.2) is 18.2 Å². The molecule has 1 aromatic carbocycles. The summed E-state index contributed by atoms with van der Waals surface area (Å²) in [6.07, 6.45) is 3.41. The third-order valence-corrected chi connectivity index (χ3v) is 3.82. The lowest BCUT2D eigenvalue weighted by atomic mass is 10.2. The number of nitrogens with zero attached hydrogens (tertiary/aromatic N) is 1. The number of rotatable bonds is 9. The van der Waals surface area contributed by atoms with Crippen molar-refractivity contribution in [2.75, 3.05) is 25.5 Å². The van der Waals surface area contributed by atoms with Crippen molar-refractivity contribution in [3.63, 3.8) is 0 Å². The number of hydrogen-bond acceptors (Lipinski definition) is 3. The SMILES string of the molecule is CCCCCN(CCC(=O)Nc1ccc(OC)c(Cl)c1)C(C)=O. The Balaban J connectivity index is 2.48. The van der Waals surface area contributed by atoms with Gasteiger partial charge in [0.2, 0.25) is 11.8 Å². The number of benzene rings is 1. The molecular formula is C17H25ClN2O3. The van der Waals surface area contributed by atoms with Gasteiger partial charge in [0, 0.05) is 32.1 Å². The van der Waals surface area contributed by atoms with Gasteiger partial charge in [-0.2, -0.15) is 0 Å². The molecule has 6 heteroatoms. The first-order chi connectivity index (χ1) is 11.0. The molecule has 0 aliphatic rings. The minimum atomic E-state index is -0.145. The van der Waals surface area contributed by atoms with E-state index >= 15 is 0 Å². The number of carbonyl (C=O) groups excluding carboxylic acids is 2. The van der Waals surface area contributed by atoms with Gasteiger partial charge in [-0.15, -0.1) is 0 Å². The lowest BCUT2D eigenvalue weighted by Crippen LogP contribution is -2.32. The maximum atomic E-state index is 12.0. The molecule has 1 rings (SSSR count). The third-order valence-electron chi connectivity index (χ3n) is 3.52. The Bertz CT molecular complexity index is 535. The van der Waals surface area contributed by atoms with Crippen LogP contribution in [-0.4, -0.2) is 36.9 Å². The predicted octanol–water partition coefficient (Wildman–Crippen LogP) is 3.72. The molecule has 0 fully saturated rings.